The molecule has 1 aliphatic rings. The van der Waals surface area contributed by atoms with Gasteiger partial charge in [0.05, 0.1) is 5.92 Å². The Morgan fingerprint density at radius 2 is 1.87 bits per heavy atom. The number of carbonyl (C=O) groups is 2. The number of allylic oxidation sites excluding steroid dienone is 2. The van der Waals surface area contributed by atoms with E-state index >= 15 is 0 Å². The summed E-state index contributed by atoms with van der Waals surface area (Å²) in [6.07, 6.45) is 6.05. The monoisotopic (exact) mass is 211 g/mol. The van der Waals surface area contributed by atoms with E-state index in [0.717, 1.165) is 0 Å². The fourth-order valence-corrected chi connectivity index (χ4v) is 1.39. The highest BCUT2D eigenvalue weighted by atomic mass is 16.2. The highest BCUT2D eigenvalue weighted by Crippen LogP contribution is 2.22. The van der Waals surface area contributed by atoms with Crippen LogP contribution in [0.2, 0.25) is 0 Å². The third kappa shape index (κ3) is 1.89. The van der Waals surface area contributed by atoms with Crippen molar-refractivity contribution in [2.75, 3.05) is 0 Å². The molecule has 0 radical (unpaired) electrons. The summed E-state index contributed by atoms with van der Waals surface area (Å²) in [5.41, 5.74) is 8.14. The Bertz CT molecular complexity index is 338. The molecule has 82 valence electrons. The summed E-state index contributed by atoms with van der Waals surface area (Å²) in [4.78, 5) is 22.8. The summed E-state index contributed by atoms with van der Waals surface area (Å²) >= 11 is 0. The van der Waals surface area contributed by atoms with Crippen molar-refractivity contribution in [1.29, 1.82) is 0 Å². The quantitative estimate of drug-likeness (QED) is 0.194. The Morgan fingerprint density at radius 3 is 2.40 bits per heavy atom. The predicted octanol–water partition coefficient (Wildman–Crippen LogP) is -2.59. The maximum atomic E-state index is 11.5. The lowest BCUT2D eigenvalue weighted by molar-refractivity contribution is -0.133. The molecule has 1 aliphatic carbocycles. The van der Waals surface area contributed by atoms with Crippen molar-refractivity contribution in [1.82, 2.24) is 10.9 Å². The van der Waals surface area contributed by atoms with Gasteiger partial charge in [-0.1, -0.05) is 24.3 Å². The average Bonchev–Trinajstić information content (AvgIpc) is 2.27. The lowest BCUT2D eigenvalue weighted by Crippen LogP contribution is -2.62. The molecule has 0 aromatic heterocycles. The second-order valence-electron chi connectivity index (χ2n) is 3.14. The van der Waals surface area contributed by atoms with Gasteiger partial charge < -0.3 is 5.73 Å². The Kier molecular flexibility index (Phi) is 3.20. The minimum absolute atomic E-state index is 0.554. The van der Waals surface area contributed by atoms with Crippen molar-refractivity contribution >= 4 is 11.8 Å². The molecule has 7 heteroatoms. The molecule has 2 atom stereocenters. The van der Waals surface area contributed by atoms with E-state index in [1.807, 2.05) is 10.9 Å². The third-order valence-electron chi connectivity index (χ3n) is 2.25. The molecule has 0 heterocycles. The minimum atomic E-state index is -1.51. The van der Waals surface area contributed by atoms with Crippen LogP contribution in [0.3, 0.4) is 0 Å². The van der Waals surface area contributed by atoms with Crippen LogP contribution < -0.4 is 28.3 Å². The topological polar surface area (TPSA) is 136 Å². The second kappa shape index (κ2) is 4.22. The molecule has 0 aliphatic heterocycles. The van der Waals surface area contributed by atoms with Crippen molar-refractivity contribution < 1.29 is 9.59 Å². The van der Waals surface area contributed by atoms with Crippen LogP contribution in [0, 0.1) is 5.92 Å². The van der Waals surface area contributed by atoms with Crippen LogP contribution in [-0.4, -0.2) is 17.4 Å². The van der Waals surface area contributed by atoms with Gasteiger partial charge in [0.15, 0.2) is 0 Å². The number of carbonyl (C=O) groups excluding carboxylic acids is 2. The van der Waals surface area contributed by atoms with Gasteiger partial charge in [-0.2, -0.15) is 0 Å². The molecule has 0 fully saturated rings. The first-order chi connectivity index (χ1) is 7.06. The molecule has 7 nitrogen and oxygen atoms in total. The molecule has 0 aromatic carbocycles. The van der Waals surface area contributed by atoms with Gasteiger partial charge >= 0.3 is 0 Å². The van der Waals surface area contributed by atoms with Gasteiger partial charge in [0, 0.05) is 0 Å². The van der Waals surface area contributed by atoms with Crippen LogP contribution >= 0.6 is 0 Å². The molecule has 0 saturated heterocycles. The first-order valence-corrected chi connectivity index (χ1v) is 4.22. The van der Waals surface area contributed by atoms with Crippen molar-refractivity contribution in [3.63, 3.8) is 0 Å². The molecular formula is C8H13N5O2. The lowest BCUT2D eigenvalue weighted by Gasteiger charge is -2.31. The van der Waals surface area contributed by atoms with Gasteiger partial charge in [0.2, 0.25) is 5.91 Å². The SMILES string of the molecule is NNC(=O)C1C=CC=CC1(N)C(=O)NN. The maximum absolute atomic E-state index is 11.5. The molecule has 2 unspecified atom stereocenters. The molecule has 0 spiro atoms. The summed E-state index contributed by atoms with van der Waals surface area (Å²) in [5, 5.41) is 0. The van der Waals surface area contributed by atoms with Crippen LogP contribution in [0.15, 0.2) is 24.3 Å². The number of nitrogens with two attached hydrogens (primary N) is 3. The summed E-state index contributed by atoms with van der Waals surface area (Å²) in [5.74, 6) is 7.89. The number of nitrogens with one attached hydrogen (secondary N) is 2. The Labute approximate surface area is 86.3 Å². The van der Waals surface area contributed by atoms with Crippen LogP contribution in [0.4, 0.5) is 0 Å². The van der Waals surface area contributed by atoms with E-state index in [4.69, 9.17) is 17.4 Å². The largest absolute Gasteiger partial charge is 0.313 e. The van der Waals surface area contributed by atoms with Gasteiger partial charge in [-0.25, -0.2) is 11.7 Å². The van der Waals surface area contributed by atoms with E-state index < -0.39 is 23.3 Å². The standard InChI is InChI=1S/C8H13N5O2/c9-8(7(15)13-11)4-2-1-3-5(8)6(14)12-10/h1-5H,9-11H2,(H,12,14)(H,13,15). The fourth-order valence-electron chi connectivity index (χ4n) is 1.39. The maximum Gasteiger partial charge on any atom is 0.259 e. The third-order valence-corrected chi connectivity index (χ3v) is 2.25. The van der Waals surface area contributed by atoms with Gasteiger partial charge in [-0.3, -0.25) is 20.4 Å². The van der Waals surface area contributed by atoms with Crippen LogP contribution in [0.25, 0.3) is 0 Å². The zero-order valence-electron chi connectivity index (χ0n) is 7.94. The van der Waals surface area contributed by atoms with Crippen LogP contribution in [0.1, 0.15) is 0 Å². The van der Waals surface area contributed by atoms with Crippen molar-refractivity contribution in [2.24, 2.45) is 23.3 Å². The second-order valence-corrected chi connectivity index (χ2v) is 3.14. The van der Waals surface area contributed by atoms with Gasteiger partial charge in [-0.05, 0) is 0 Å². The van der Waals surface area contributed by atoms with E-state index in [0.29, 0.717) is 0 Å². The lowest BCUT2D eigenvalue weighted by atomic mass is 9.80. The number of amides is 2. The molecule has 0 saturated carbocycles. The van der Waals surface area contributed by atoms with E-state index in [9.17, 15) is 9.59 Å². The smallest absolute Gasteiger partial charge is 0.259 e. The summed E-state index contributed by atoms with van der Waals surface area (Å²) < 4.78 is 0. The molecule has 0 bridgehead atoms. The number of hydrogen-bond donors (Lipinski definition) is 5. The molecular weight excluding hydrogens is 198 g/mol. The highest BCUT2D eigenvalue weighted by Gasteiger charge is 2.43. The van der Waals surface area contributed by atoms with Gasteiger partial charge in [0.1, 0.15) is 5.54 Å². The Hall–Kier alpha value is -1.70. The summed E-state index contributed by atoms with van der Waals surface area (Å²) in [7, 11) is 0. The first kappa shape index (κ1) is 11.4. The average molecular weight is 211 g/mol. The number of rotatable bonds is 2. The predicted molar refractivity (Wildman–Crippen MR) is 53.3 cm³/mol. The molecule has 1 rings (SSSR count). The molecule has 15 heavy (non-hydrogen) atoms. The highest BCUT2D eigenvalue weighted by molar-refractivity contribution is 5.96. The van der Waals surface area contributed by atoms with E-state index in [-0.39, 0.29) is 0 Å². The zero-order valence-corrected chi connectivity index (χ0v) is 7.94. The van der Waals surface area contributed by atoms with Gasteiger partial charge in [0.25, 0.3) is 5.91 Å². The van der Waals surface area contributed by atoms with Crippen molar-refractivity contribution in [2.45, 2.75) is 5.54 Å². The fraction of sp³-hybridized carbons (Fsp3) is 0.250. The molecule has 8 N–H and O–H groups in total. The first-order valence-electron chi connectivity index (χ1n) is 4.22. The van der Waals surface area contributed by atoms with Gasteiger partial charge in [-0.15, -0.1) is 0 Å². The summed E-state index contributed by atoms with van der Waals surface area (Å²) in [6, 6.07) is 0. The van der Waals surface area contributed by atoms with E-state index in [1.54, 1.807) is 12.2 Å². The van der Waals surface area contributed by atoms with Crippen LogP contribution in [-0.2, 0) is 9.59 Å². The molecule has 2 amide bonds. The molecule has 0 aromatic rings. The van der Waals surface area contributed by atoms with Crippen molar-refractivity contribution in [3.05, 3.63) is 24.3 Å². The normalized spacial score (nSPS) is 28.6. The van der Waals surface area contributed by atoms with E-state index in [2.05, 4.69) is 0 Å². The number of hydrogen-bond acceptors (Lipinski definition) is 5. The minimum Gasteiger partial charge on any atom is -0.313 e. The van der Waals surface area contributed by atoms with Crippen LogP contribution in [0.5, 0.6) is 0 Å². The number of hydrazine groups is 2. The Balaban J connectivity index is 3.04. The van der Waals surface area contributed by atoms with E-state index in [1.165, 1.54) is 12.2 Å². The van der Waals surface area contributed by atoms with Crippen molar-refractivity contribution in [3.8, 4) is 0 Å². The zero-order chi connectivity index (χ0) is 11.5. The Morgan fingerprint density at radius 1 is 1.20 bits per heavy atom. The summed E-state index contributed by atoms with van der Waals surface area (Å²) in [6.45, 7) is 0.